The molecule has 0 aromatic heterocycles. The molecule has 0 saturated heterocycles. The van der Waals surface area contributed by atoms with Crippen LogP contribution in [0.3, 0.4) is 0 Å². The second-order valence-corrected chi connectivity index (χ2v) is 5.78. The van der Waals surface area contributed by atoms with Crippen LogP contribution >= 0.6 is 11.6 Å². The third kappa shape index (κ3) is 5.08. The fourth-order valence-electron chi connectivity index (χ4n) is 2.09. The van der Waals surface area contributed by atoms with Gasteiger partial charge in [0.2, 0.25) is 5.91 Å². The van der Waals surface area contributed by atoms with Gasteiger partial charge in [0, 0.05) is 5.02 Å². The average Bonchev–Trinajstić information content (AvgIpc) is 2.49. The van der Waals surface area contributed by atoms with Crippen molar-refractivity contribution in [3.8, 4) is 5.75 Å². The van der Waals surface area contributed by atoms with E-state index in [0.717, 1.165) is 16.9 Å². The zero-order valence-electron chi connectivity index (χ0n) is 12.8. The molecule has 0 radical (unpaired) electrons. The van der Waals surface area contributed by atoms with E-state index < -0.39 is 0 Å². The minimum absolute atomic E-state index is 0.0248. The van der Waals surface area contributed by atoms with Crippen molar-refractivity contribution in [2.45, 2.75) is 26.3 Å². The normalized spacial score (nSPS) is 11.8. The monoisotopic (exact) mass is 317 g/mol. The molecule has 0 heterocycles. The highest BCUT2D eigenvalue weighted by molar-refractivity contribution is 6.30. The van der Waals surface area contributed by atoms with Gasteiger partial charge in [-0.05, 0) is 43.2 Å². The molecule has 0 fully saturated rings. The van der Waals surface area contributed by atoms with Gasteiger partial charge in [0.25, 0.3) is 0 Å². The molecule has 2 aromatic rings. The SMILES string of the molecule is Cc1ccccc1OC[C@H](C)NC(=O)Cc1ccc(Cl)cc1. The lowest BCUT2D eigenvalue weighted by Gasteiger charge is -2.16. The van der Waals surface area contributed by atoms with Gasteiger partial charge in [-0.25, -0.2) is 0 Å². The first-order chi connectivity index (χ1) is 10.5. The standard InChI is InChI=1S/C18H20ClNO2/c1-13-5-3-4-6-17(13)22-12-14(2)20-18(21)11-15-7-9-16(19)10-8-15/h3-10,14H,11-12H2,1-2H3,(H,20,21)/t14-/m0/s1. The van der Waals surface area contributed by atoms with E-state index in [-0.39, 0.29) is 11.9 Å². The van der Waals surface area contributed by atoms with Gasteiger partial charge in [-0.15, -0.1) is 0 Å². The molecule has 22 heavy (non-hydrogen) atoms. The summed E-state index contributed by atoms with van der Waals surface area (Å²) in [5.41, 5.74) is 2.02. The lowest BCUT2D eigenvalue weighted by atomic mass is 10.1. The Morgan fingerprint density at radius 1 is 1.18 bits per heavy atom. The molecule has 0 aliphatic carbocycles. The first kappa shape index (κ1) is 16.4. The second kappa shape index (κ2) is 7.85. The molecule has 2 rings (SSSR count). The molecule has 1 N–H and O–H groups in total. The van der Waals surface area contributed by atoms with E-state index in [1.165, 1.54) is 0 Å². The number of amides is 1. The topological polar surface area (TPSA) is 38.3 Å². The summed E-state index contributed by atoms with van der Waals surface area (Å²) >= 11 is 5.83. The largest absolute Gasteiger partial charge is 0.491 e. The lowest BCUT2D eigenvalue weighted by Crippen LogP contribution is -2.37. The Morgan fingerprint density at radius 3 is 2.55 bits per heavy atom. The van der Waals surface area contributed by atoms with Gasteiger partial charge >= 0.3 is 0 Å². The van der Waals surface area contributed by atoms with E-state index in [9.17, 15) is 4.79 Å². The summed E-state index contributed by atoms with van der Waals surface area (Å²) in [6, 6.07) is 15.1. The van der Waals surface area contributed by atoms with Gasteiger partial charge in [-0.3, -0.25) is 4.79 Å². The summed E-state index contributed by atoms with van der Waals surface area (Å²) in [6.45, 7) is 4.37. The molecule has 0 unspecified atom stereocenters. The molecule has 116 valence electrons. The Hall–Kier alpha value is -2.00. The Bertz CT molecular complexity index is 625. The highest BCUT2D eigenvalue weighted by Crippen LogP contribution is 2.16. The highest BCUT2D eigenvalue weighted by Gasteiger charge is 2.09. The number of para-hydroxylation sites is 1. The molecule has 0 aliphatic heterocycles. The van der Waals surface area contributed by atoms with Crippen LogP contribution < -0.4 is 10.1 Å². The van der Waals surface area contributed by atoms with Gasteiger partial charge in [0.05, 0.1) is 12.5 Å². The minimum atomic E-state index is -0.0561. The lowest BCUT2D eigenvalue weighted by molar-refractivity contribution is -0.121. The van der Waals surface area contributed by atoms with Crippen LogP contribution in [0, 0.1) is 6.92 Å². The number of halogens is 1. The van der Waals surface area contributed by atoms with Crippen LogP contribution in [0.5, 0.6) is 5.75 Å². The van der Waals surface area contributed by atoms with E-state index in [1.54, 1.807) is 12.1 Å². The van der Waals surface area contributed by atoms with E-state index in [1.807, 2.05) is 50.2 Å². The number of hydrogen-bond acceptors (Lipinski definition) is 2. The van der Waals surface area contributed by atoms with Crippen molar-refractivity contribution < 1.29 is 9.53 Å². The molecule has 2 aromatic carbocycles. The first-order valence-corrected chi connectivity index (χ1v) is 7.64. The highest BCUT2D eigenvalue weighted by atomic mass is 35.5. The van der Waals surface area contributed by atoms with Crippen molar-refractivity contribution in [2.24, 2.45) is 0 Å². The van der Waals surface area contributed by atoms with E-state index in [4.69, 9.17) is 16.3 Å². The van der Waals surface area contributed by atoms with Crippen LogP contribution in [-0.2, 0) is 11.2 Å². The Balaban J connectivity index is 1.79. The van der Waals surface area contributed by atoms with Crippen LogP contribution in [-0.4, -0.2) is 18.6 Å². The van der Waals surface area contributed by atoms with Gasteiger partial charge in [-0.1, -0.05) is 41.9 Å². The van der Waals surface area contributed by atoms with Crippen LogP contribution in [0.1, 0.15) is 18.1 Å². The zero-order valence-corrected chi connectivity index (χ0v) is 13.6. The predicted molar refractivity (Wildman–Crippen MR) is 89.4 cm³/mol. The quantitative estimate of drug-likeness (QED) is 0.880. The van der Waals surface area contributed by atoms with Crippen molar-refractivity contribution in [3.63, 3.8) is 0 Å². The third-order valence-corrected chi connectivity index (χ3v) is 3.52. The molecule has 0 saturated carbocycles. The van der Waals surface area contributed by atoms with Gasteiger partial charge in [0.15, 0.2) is 0 Å². The van der Waals surface area contributed by atoms with Crippen LogP contribution in [0.2, 0.25) is 5.02 Å². The molecule has 4 heteroatoms. The Morgan fingerprint density at radius 2 is 1.86 bits per heavy atom. The zero-order chi connectivity index (χ0) is 15.9. The van der Waals surface area contributed by atoms with Gasteiger partial charge < -0.3 is 10.1 Å². The second-order valence-electron chi connectivity index (χ2n) is 5.35. The maximum atomic E-state index is 12.0. The minimum Gasteiger partial charge on any atom is -0.491 e. The number of aryl methyl sites for hydroxylation is 1. The summed E-state index contributed by atoms with van der Waals surface area (Å²) in [6.07, 6.45) is 0.339. The maximum absolute atomic E-state index is 12.0. The molecule has 3 nitrogen and oxygen atoms in total. The van der Waals surface area contributed by atoms with E-state index >= 15 is 0 Å². The van der Waals surface area contributed by atoms with Gasteiger partial charge in [0.1, 0.15) is 12.4 Å². The first-order valence-electron chi connectivity index (χ1n) is 7.27. The van der Waals surface area contributed by atoms with E-state index in [0.29, 0.717) is 18.1 Å². The summed E-state index contributed by atoms with van der Waals surface area (Å²) in [4.78, 5) is 12.0. The Kier molecular flexibility index (Phi) is 5.84. The van der Waals surface area contributed by atoms with Crippen molar-refractivity contribution in [1.29, 1.82) is 0 Å². The van der Waals surface area contributed by atoms with Crippen molar-refractivity contribution in [3.05, 3.63) is 64.7 Å². The number of benzene rings is 2. The Labute approximate surface area is 136 Å². The molecule has 0 spiro atoms. The number of carbonyl (C=O) groups is 1. The number of ether oxygens (including phenoxy) is 1. The fourth-order valence-corrected chi connectivity index (χ4v) is 2.21. The summed E-state index contributed by atoms with van der Waals surface area (Å²) in [5.74, 6) is 0.824. The molecule has 0 bridgehead atoms. The number of carbonyl (C=O) groups excluding carboxylic acids is 1. The average molecular weight is 318 g/mol. The smallest absolute Gasteiger partial charge is 0.224 e. The summed E-state index contributed by atoms with van der Waals surface area (Å²) in [5, 5.41) is 3.61. The summed E-state index contributed by atoms with van der Waals surface area (Å²) in [7, 11) is 0. The van der Waals surface area contributed by atoms with Crippen molar-refractivity contribution >= 4 is 17.5 Å². The summed E-state index contributed by atoms with van der Waals surface area (Å²) < 4.78 is 5.73. The van der Waals surface area contributed by atoms with E-state index in [2.05, 4.69) is 5.32 Å². The third-order valence-electron chi connectivity index (χ3n) is 3.27. The van der Waals surface area contributed by atoms with Crippen LogP contribution in [0.15, 0.2) is 48.5 Å². The van der Waals surface area contributed by atoms with Gasteiger partial charge in [-0.2, -0.15) is 0 Å². The fraction of sp³-hybridized carbons (Fsp3) is 0.278. The van der Waals surface area contributed by atoms with Crippen molar-refractivity contribution in [1.82, 2.24) is 5.32 Å². The number of nitrogens with one attached hydrogen (secondary N) is 1. The predicted octanol–water partition coefficient (Wildman–Crippen LogP) is 3.77. The molecular formula is C18H20ClNO2. The van der Waals surface area contributed by atoms with Crippen molar-refractivity contribution in [2.75, 3.05) is 6.61 Å². The van der Waals surface area contributed by atoms with Crippen LogP contribution in [0.25, 0.3) is 0 Å². The maximum Gasteiger partial charge on any atom is 0.224 e. The number of hydrogen-bond donors (Lipinski definition) is 1. The molecular weight excluding hydrogens is 298 g/mol. The van der Waals surface area contributed by atoms with Crippen LogP contribution in [0.4, 0.5) is 0 Å². The number of rotatable bonds is 6. The molecule has 1 amide bonds. The molecule has 1 atom stereocenters. The molecule has 0 aliphatic rings.